The lowest BCUT2D eigenvalue weighted by molar-refractivity contribution is 0.0600. The number of rotatable bonds is 6. The molecule has 0 aliphatic carbocycles. The second-order valence-electron chi connectivity index (χ2n) is 4.18. The van der Waals surface area contributed by atoms with Gasteiger partial charge in [0.05, 0.1) is 17.6 Å². The molecular weight excluding hydrogens is 348 g/mol. The van der Waals surface area contributed by atoms with Gasteiger partial charge < -0.3 is 10.1 Å². The lowest BCUT2D eigenvalue weighted by Crippen LogP contribution is -2.37. The summed E-state index contributed by atoms with van der Waals surface area (Å²) in [6.45, 7) is 2.13. The molecule has 0 aliphatic rings. The summed E-state index contributed by atoms with van der Waals surface area (Å²) in [6, 6.07) is 4.20. The van der Waals surface area contributed by atoms with Crippen LogP contribution in [0.2, 0.25) is 0 Å². The van der Waals surface area contributed by atoms with Gasteiger partial charge in [0.25, 0.3) is 0 Å². The van der Waals surface area contributed by atoms with Crippen molar-refractivity contribution in [3.63, 3.8) is 0 Å². The smallest absolute Gasteiger partial charge is 0.337 e. The second kappa shape index (κ2) is 7.16. The van der Waals surface area contributed by atoms with Gasteiger partial charge in [-0.05, 0) is 48.1 Å². The summed E-state index contributed by atoms with van der Waals surface area (Å²) in [5.41, 5.74) is 0.280. The molecule has 0 bridgehead atoms. The van der Waals surface area contributed by atoms with Crippen LogP contribution in [0, 0.1) is 0 Å². The molecule has 1 rings (SSSR count). The summed E-state index contributed by atoms with van der Waals surface area (Å²) in [5.74, 6) is -0.522. The Bertz CT molecular complexity index is 589. The van der Waals surface area contributed by atoms with E-state index in [-0.39, 0.29) is 23.0 Å². The van der Waals surface area contributed by atoms with Crippen LogP contribution >= 0.6 is 15.9 Å². The van der Waals surface area contributed by atoms with Gasteiger partial charge in [-0.1, -0.05) is 0 Å². The first-order valence-corrected chi connectivity index (χ1v) is 8.14. The highest BCUT2D eigenvalue weighted by Crippen LogP contribution is 2.23. The maximum Gasteiger partial charge on any atom is 0.337 e. The molecule has 0 saturated heterocycles. The largest absolute Gasteiger partial charge is 0.465 e. The lowest BCUT2D eigenvalue weighted by atomic mass is 10.2. The van der Waals surface area contributed by atoms with Gasteiger partial charge in [0.1, 0.15) is 0 Å². The molecule has 112 valence electrons. The third-order valence-corrected chi connectivity index (χ3v) is 5.12. The van der Waals surface area contributed by atoms with Gasteiger partial charge >= 0.3 is 5.97 Å². The van der Waals surface area contributed by atoms with E-state index in [1.165, 1.54) is 25.3 Å². The number of likely N-dealkylation sites (N-methyl/N-ethyl adjacent to an activating group) is 1. The molecule has 1 unspecified atom stereocenters. The van der Waals surface area contributed by atoms with E-state index in [1.54, 1.807) is 7.05 Å². The van der Waals surface area contributed by atoms with Crippen molar-refractivity contribution in [2.75, 3.05) is 20.7 Å². The number of ether oxygens (including phenoxy) is 1. The zero-order valence-corrected chi connectivity index (χ0v) is 13.8. The number of nitrogens with one attached hydrogen (secondary N) is 2. The molecule has 0 saturated carbocycles. The number of hydrogen-bond acceptors (Lipinski definition) is 5. The highest BCUT2D eigenvalue weighted by Gasteiger charge is 2.19. The van der Waals surface area contributed by atoms with Gasteiger partial charge in [-0.15, -0.1) is 0 Å². The molecule has 0 aromatic heterocycles. The fourth-order valence-corrected chi connectivity index (χ4v) is 3.58. The molecule has 20 heavy (non-hydrogen) atoms. The zero-order valence-electron chi connectivity index (χ0n) is 11.4. The Hall–Kier alpha value is -0.960. The minimum atomic E-state index is -3.63. The van der Waals surface area contributed by atoms with Gasteiger partial charge in [0.15, 0.2) is 0 Å². The van der Waals surface area contributed by atoms with Crippen LogP contribution in [-0.4, -0.2) is 41.1 Å². The summed E-state index contributed by atoms with van der Waals surface area (Å²) >= 11 is 3.16. The second-order valence-corrected chi connectivity index (χ2v) is 6.77. The minimum absolute atomic E-state index is 0.0119. The summed E-state index contributed by atoms with van der Waals surface area (Å²) in [6.07, 6.45) is 0. The molecule has 0 heterocycles. The summed E-state index contributed by atoms with van der Waals surface area (Å²) in [4.78, 5) is 11.4. The Morgan fingerprint density at radius 3 is 2.60 bits per heavy atom. The van der Waals surface area contributed by atoms with Crippen LogP contribution in [0.4, 0.5) is 0 Å². The molecular formula is C12H17BrN2O4S. The van der Waals surface area contributed by atoms with Crippen LogP contribution in [0.3, 0.4) is 0 Å². The number of benzene rings is 1. The quantitative estimate of drug-likeness (QED) is 0.739. The van der Waals surface area contributed by atoms with Gasteiger partial charge in [0, 0.05) is 17.1 Å². The number of sulfonamides is 1. The van der Waals surface area contributed by atoms with Crippen molar-refractivity contribution in [3.05, 3.63) is 28.2 Å². The maximum atomic E-state index is 12.1. The molecule has 0 fully saturated rings. The first-order chi connectivity index (χ1) is 9.31. The van der Waals surface area contributed by atoms with Crippen molar-refractivity contribution < 1.29 is 17.9 Å². The summed E-state index contributed by atoms with van der Waals surface area (Å²) in [5, 5.41) is 2.94. The van der Waals surface area contributed by atoms with E-state index < -0.39 is 16.0 Å². The van der Waals surface area contributed by atoms with Crippen LogP contribution in [0.25, 0.3) is 0 Å². The number of halogens is 1. The summed E-state index contributed by atoms with van der Waals surface area (Å²) < 4.78 is 31.7. The Kier molecular flexibility index (Phi) is 6.12. The number of esters is 1. The van der Waals surface area contributed by atoms with Gasteiger partial charge in [-0.2, -0.15) is 0 Å². The fourth-order valence-electron chi connectivity index (χ4n) is 1.38. The molecule has 1 aromatic carbocycles. The van der Waals surface area contributed by atoms with Crippen LogP contribution in [0.1, 0.15) is 17.3 Å². The SMILES string of the molecule is CNC(C)CNS(=O)(=O)c1ccc(C(=O)OC)cc1Br. The molecule has 8 heteroatoms. The van der Waals surface area contributed by atoms with Crippen molar-refractivity contribution in [2.24, 2.45) is 0 Å². The zero-order chi connectivity index (χ0) is 15.3. The van der Waals surface area contributed by atoms with Crippen molar-refractivity contribution in [1.29, 1.82) is 0 Å². The van der Waals surface area contributed by atoms with Crippen LogP contribution < -0.4 is 10.0 Å². The molecule has 0 aliphatic heterocycles. The van der Waals surface area contributed by atoms with Crippen molar-refractivity contribution in [2.45, 2.75) is 17.9 Å². The van der Waals surface area contributed by atoms with Gasteiger partial charge in [-0.3, -0.25) is 0 Å². The minimum Gasteiger partial charge on any atom is -0.465 e. The monoisotopic (exact) mass is 364 g/mol. The van der Waals surface area contributed by atoms with Crippen LogP contribution in [0.5, 0.6) is 0 Å². The topological polar surface area (TPSA) is 84.5 Å². The Labute approximate surface area is 127 Å². The molecule has 0 amide bonds. The number of carbonyl (C=O) groups is 1. The van der Waals surface area contributed by atoms with Gasteiger partial charge in [0.2, 0.25) is 10.0 Å². The first-order valence-electron chi connectivity index (χ1n) is 5.86. The summed E-state index contributed by atoms with van der Waals surface area (Å²) in [7, 11) is -0.619. The van der Waals surface area contributed by atoms with Gasteiger partial charge in [-0.25, -0.2) is 17.9 Å². The third kappa shape index (κ3) is 4.27. The van der Waals surface area contributed by atoms with Crippen LogP contribution in [-0.2, 0) is 14.8 Å². The van der Waals surface area contributed by atoms with E-state index in [2.05, 4.69) is 30.7 Å². The van der Waals surface area contributed by atoms with E-state index in [0.717, 1.165) is 0 Å². The predicted molar refractivity (Wildman–Crippen MR) is 79.2 cm³/mol. The fraction of sp³-hybridized carbons (Fsp3) is 0.417. The maximum absolute atomic E-state index is 12.1. The van der Waals surface area contributed by atoms with Crippen molar-refractivity contribution in [1.82, 2.24) is 10.0 Å². The molecule has 0 radical (unpaired) electrons. The standard InChI is InChI=1S/C12H17BrN2O4S/c1-8(14-2)7-15-20(17,18)11-5-4-9(6-10(11)13)12(16)19-3/h4-6,8,14-15H,7H2,1-3H3. The molecule has 6 nitrogen and oxygen atoms in total. The highest BCUT2D eigenvalue weighted by atomic mass is 79.9. The van der Waals surface area contributed by atoms with Crippen LogP contribution in [0.15, 0.2) is 27.6 Å². The normalized spacial score (nSPS) is 13.0. The average molecular weight is 365 g/mol. The number of hydrogen-bond donors (Lipinski definition) is 2. The number of carbonyl (C=O) groups excluding carboxylic acids is 1. The Balaban J connectivity index is 2.99. The van der Waals surface area contributed by atoms with E-state index >= 15 is 0 Å². The third-order valence-electron chi connectivity index (χ3n) is 2.71. The molecule has 1 aromatic rings. The van der Waals surface area contributed by atoms with Crippen molar-refractivity contribution in [3.8, 4) is 0 Å². The Morgan fingerprint density at radius 1 is 1.45 bits per heavy atom. The van der Waals surface area contributed by atoms with E-state index in [9.17, 15) is 13.2 Å². The van der Waals surface area contributed by atoms with E-state index in [1.807, 2.05) is 6.92 Å². The molecule has 0 spiro atoms. The lowest BCUT2D eigenvalue weighted by Gasteiger charge is -2.13. The number of methoxy groups -OCH3 is 1. The Morgan fingerprint density at radius 2 is 2.10 bits per heavy atom. The highest BCUT2D eigenvalue weighted by molar-refractivity contribution is 9.10. The first kappa shape index (κ1) is 17.1. The molecule has 2 N–H and O–H groups in total. The average Bonchev–Trinajstić information content (AvgIpc) is 2.43. The predicted octanol–water partition coefficient (Wildman–Crippen LogP) is 1.12. The van der Waals surface area contributed by atoms with Crippen molar-refractivity contribution >= 4 is 31.9 Å². The molecule has 1 atom stereocenters. The van der Waals surface area contributed by atoms with E-state index in [0.29, 0.717) is 4.47 Å². The van der Waals surface area contributed by atoms with E-state index in [4.69, 9.17) is 0 Å².